The normalized spacial score (nSPS) is 12.5. The van der Waals surface area contributed by atoms with E-state index >= 15 is 0 Å². The van der Waals surface area contributed by atoms with Crippen molar-refractivity contribution in [2.24, 2.45) is 0 Å². The molecule has 0 aliphatic rings. The van der Waals surface area contributed by atoms with E-state index in [0.29, 0.717) is 5.76 Å². The number of aromatic nitrogens is 1. The first-order chi connectivity index (χ1) is 10.2. The number of thioether (sulfide) groups is 1. The van der Waals surface area contributed by atoms with E-state index < -0.39 is 5.24 Å². The van der Waals surface area contributed by atoms with Crippen LogP contribution in [0.2, 0.25) is 0 Å². The minimum atomic E-state index is -0.608. The molecule has 0 N–H and O–H groups in total. The molecule has 0 spiro atoms. The summed E-state index contributed by atoms with van der Waals surface area (Å²) in [5.74, 6) is 0.627. The number of fused-ring (bicyclic) bond motifs is 1. The van der Waals surface area contributed by atoms with E-state index in [1.807, 2.05) is 18.4 Å². The summed E-state index contributed by atoms with van der Waals surface area (Å²) < 4.78 is 5.27. The van der Waals surface area contributed by atoms with Crippen molar-refractivity contribution in [2.45, 2.75) is 5.25 Å². The fraction of sp³-hybridized carbons (Fsp3) is 0.125. The molecular formula is C16H12ClNO2S. The first-order valence-corrected chi connectivity index (χ1v) is 8.03. The lowest BCUT2D eigenvalue weighted by molar-refractivity contribution is 0.107. The van der Waals surface area contributed by atoms with Gasteiger partial charge in [-0.1, -0.05) is 41.6 Å². The van der Waals surface area contributed by atoms with Gasteiger partial charge in [0, 0.05) is 6.07 Å². The van der Waals surface area contributed by atoms with E-state index in [-0.39, 0.29) is 10.9 Å². The molecule has 0 saturated heterocycles. The highest BCUT2D eigenvalue weighted by atomic mass is 35.5. The Balaban J connectivity index is 2.02. The smallest absolute Gasteiger partial charge is 0.274 e. The molecule has 0 amide bonds. The molecule has 21 heavy (non-hydrogen) atoms. The second-order valence-electron chi connectivity index (χ2n) is 4.61. The third kappa shape index (κ3) is 2.82. The molecule has 0 aliphatic carbocycles. The van der Waals surface area contributed by atoms with Crippen molar-refractivity contribution in [1.29, 1.82) is 0 Å². The summed E-state index contributed by atoms with van der Waals surface area (Å²) in [4.78, 5) is 11.1. The van der Waals surface area contributed by atoms with Gasteiger partial charge in [-0.05, 0) is 40.3 Å². The van der Waals surface area contributed by atoms with Gasteiger partial charge >= 0.3 is 0 Å². The van der Waals surface area contributed by atoms with Gasteiger partial charge in [0.2, 0.25) is 0 Å². The molecular weight excluding hydrogens is 306 g/mol. The lowest BCUT2D eigenvalue weighted by atomic mass is 10.0. The van der Waals surface area contributed by atoms with Crippen molar-refractivity contribution in [3.05, 3.63) is 65.5 Å². The van der Waals surface area contributed by atoms with Crippen LogP contribution in [0.5, 0.6) is 0 Å². The van der Waals surface area contributed by atoms with Crippen LogP contribution in [-0.2, 0) is 0 Å². The maximum absolute atomic E-state index is 11.1. The summed E-state index contributed by atoms with van der Waals surface area (Å²) in [6.07, 6.45) is 1.99. The molecule has 0 bridgehead atoms. The summed E-state index contributed by atoms with van der Waals surface area (Å²) in [7, 11) is 0. The third-order valence-electron chi connectivity index (χ3n) is 3.30. The highest BCUT2D eigenvalue weighted by Gasteiger charge is 2.20. The van der Waals surface area contributed by atoms with Gasteiger partial charge in [0.25, 0.3) is 5.24 Å². The summed E-state index contributed by atoms with van der Waals surface area (Å²) in [6, 6.07) is 16.1. The van der Waals surface area contributed by atoms with Crippen LogP contribution in [0.1, 0.15) is 27.1 Å². The van der Waals surface area contributed by atoms with Crippen LogP contribution in [0.3, 0.4) is 0 Å². The summed E-state index contributed by atoms with van der Waals surface area (Å²) >= 11 is 7.04. The van der Waals surface area contributed by atoms with Gasteiger partial charge in [-0.2, -0.15) is 0 Å². The monoisotopic (exact) mass is 317 g/mol. The number of hydrogen-bond donors (Lipinski definition) is 0. The molecule has 0 saturated carbocycles. The summed E-state index contributed by atoms with van der Waals surface area (Å²) in [5, 5.41) is 5.43. The van der Waals surface area contributed by atoms with E-state index in [0.717, 1.165) is 5.56 Å². The largest absolute Gasteiger partial charge is 0.359 e. The maximum atomic E-state index is 11.1. The number of hydrogen-bond acceptors (Lipinski definition) is 4. The molecule has 2 aromatic carbocycles. The lowest BCUT2D eigenvalue weighted by Gasteiger charge is -2.12. The zero-order valence-corrected chi connectivity index (χ0v) is 12.8. The molecule has 3 aromatic rings. The van der Waals surface area contributed by atoms with Crippen LogP contribution in [0.4, 0.5) is 0 Å². The number of carbonyl (C=O) groups excluding carboxylic acids is 1. The molecule has 0 aliphatic heterocycles. The molecule has 0 fully saturated rings. The number of benzene rings is 2. The van der Waals surface area contributed by atoms with Crippen LogP contribution in [0, 0.1) is 0 Å². The van der Waals surface area contributed by atoms with Gasteiger partial charge in [0.05, 0.1) is 5.25 Å². The molecule has 1 aromatic heterocycles. The Hall–Kier alpha value is -1.78. The minimum Gasteiger partial charge on any atom is -0.359 e. The predicted octanol–water partition coefficient (Wildman–Crippen LogP) is 4.66. The quantitative estimate of drug-likeness (QED) is 0.656. The van der Waals surface area contributed by atoms with Crippen molar-refractivity contribution in [2.75, 3.05) is 6.26 Å². The maximum Gasteiger partial charge on any atom is 0.274 e. The van der Waals surface area contributed by atoms with Crippen LogP contribution in [0.25, 0.3) is 10.8 Å². The Morgan fingerprint density at radius 3 is 2.62 bits per heavy atom. The standard InChI is InChI=1S/C16H12ClNO2S/c1-21-15(14-9-13(16(17)19)18-20-14)12-7-6-10-4-2-3-5-11(10)8-12/h2-9,15H,1H3. The molecule has 0 radical (unpaired) electrons. The Bertz CT molecular complexity index is 800. The zero-order valence-electron chi connectivity index (χ0n) is 11.2. The number of nitrogens with zero attached hydrogens (tertiary/aromatic N) is 1. The first-order valence-electron chi connectivity index (χ1n) is 6.37. The molecule has 5 heteroatoms. The molecule has 1 unspecified atom stereocenters. The van der Waals surface area contributed by atoms with Crippen molar-refractivity contribution < 1.29 is 9.32 Å². The zero-order chi connectivity index (χ0) is 14.8. The van der Waals surface area contributed by atoms with Crippen molar-refractivity contribution >= 4 is 39.4 Å². The van der Waals surface area contributed by atoms with Gasteiger partial charge in [-0.15, -0.1) is 11.8 Å². The van der Waals surface area contributed by atoms with E-state index in [4.69, 9.17) is 16.1 Å². The Kier molecular flexibility index (Phi) is 3.99. The van der Waals surface area contributed by atoms with E-state index in [1.165, 1.54) is 10.8 Å². The number of rotatable bonds is 4. The predicted molar refractivity (Wildman–Crippen MR) is 86.0 cm³/mol. The van der Waals surface area contributed by atoms with Crippen molar-refractivity contribution in [1.82, 2.24) is 5.16 Å². The Morgan fingerprint density at radius 1 is 1.19 bits per heavy atom. The van der Waals surface area contributed by atoms with Gasteiger partial charge in [0.15, 0.2) is 11.5 Å². The minimum absolute atomic E-state index is 0.0214. The van der Waals surface area contributed by atoms with Gasteiger partial charge in [0.1, 0.15) is 0 Å². The molecule has 3 nitrogen and oxygen atoms in total. The highest BCUT2D eigenvalue weighted by Crippen LogP contribution is 2.35. The number of halogens is 1. The van der Waals surface area contributed by atoms with Crippen LogP contribution >= 0.6 is 23.4 Å². The van der Waals surface area contributed by atoms with Gasteiger partial charge in [-0.25, -0.2) is 0 Å². The average Bonchev–Trinajstić information content (AvgIpc) is 2.98. The topological polar surface area (TPSA) is 43.1 Å². The molecule has 3 rings (SSSR count). The first kappa shape index (κ1) is 14.2. The van der Waals surface area contributed by atoms with Crippen molar-refractivity contribution in [3.63, 3.8) is 0 Å². The second kappa shape index (κ2) is 5.92. The number of carbonyl (C=O) groups is 1. The van der Waals surface area contributed by atoms with Crippen molar-refractivity contribution in [3.8, 4) is 0 Å². The second-order valence-corrected chi connectivity index (χ2v) is 5.90. The Morgan fingerprint density at radius 2 is 1.95 bits per heavy atom. The van der Waals surface area contributed by atoms with E-state index in [1.54, 1.807) is 17.8 Å². The SMILES string of the molecule is CSC(c1ccc2ccccc2c1)c1cc(C(=O)Cl)no1. The molecule has 106 valence electrons. The third-order valence-corrected chi connectivity index (χ3v) is 4.47. The molecule has 1 atom stereocenters. The van der Waals surface area contributed by atoms with Gasteiger partial charge in [-0.3, -0.25) is 4.79 Å². The fourth-order valence-corrected chi connectivity index (χ4v) is 3.14. The summed E-state index contributed by atoms with van der Waals surface area (Å²) in [6.45, 7) is 0. The highest BCUT2D eigenvalue weighted by molar-refractivity contribution is 7.99. The van der Waals surface area contributed by atoms with Crippen LogP contribution in [-0.4, -0.2) is 16.7 Å². The van der Waals surface area contributed by atoms with E-state index in [9.17, 15) is 4.79 Å². The van der Waals surface area contributed by atoms with E-state index in [2.05, 4.69) is 35.5 Å². The summed E-state index contributed by atoms with van der Waals surface area (Å²) in [5.41, 5.74) is 1.25. The molecule has 1 heterocycles. The Labute approximate surface area is 131 Å². The van der Waals surface area contributed by atoms with Gasteiger partial charge < -0.3 is 4.52 Å². The fourth-order valence-electron chi connectivity index (χ4n) is 2.29. The van der Waals surface area contributed by atoms with Crippen LogP contribution in [0.15, 0.2) is 53.1 Å². The average molecular weight is 318 g/mol. The van der Waals surface area contributed by atoms with Crippen LogP contribution < -0.4 is 0 Å². The lowest BCUT2D eigenvalue weighted by Crippen LogP contribution is -1.94.